The Hall–Kier alpha value is -0.0700. The van der Waals surface area contributed by atoms with Gasteiger partial charge in [-0.05, 0) is 50.2 Å². The number of hydrogen-bond donors (Lipinski definition) is 0. The van der Waals surface area contributed by atoms with Crippen molar-refractivity contribution in [2.75, 3.05) is 0 Å². The summed E-state index contributed by atoms with van der Waals surface area (Å²) in [6, 6.07) is 6.03. The van der Waals surface area contributed by atoms with Gasteiger partial charge in [0, 0.05) is 0 Å². The van der Waals surface area contributed by atoms with Crippen molar-refractivity contribution in [1.29, 1.82) is 0 Å². The fourth-order valence-corrected chi connectivity index (χ4v) is 3.70. The Labute approximate surface area is 194 Å². The molecule has 0 aliphatic rings. The van der Waals surface area contributed by atoms with Crippen LogP contribution in [0, 0.1) is 0 Å². The largest absolute Gasteiger partial charge is 1.00 e. The van der Waals surface area contributed by atoms with Crippen molar-refractivity contribution in [3.8, 4) is 5.75 Å². The van der Waals surface area contributed by atoms with Crippen LogP contribution in [0.15, 0.2) is 18.2 Å². The Morgan fingerprint density at radius 1 is 0.893 bits per heavy atom. The number of aryl methyl sites for hydroxylation is 2. The van der Waals surface area contributed by atoms with Crippen LogP contribution in [0.4, 0.5) is 0 Å². The molecule has 0 spiro atoms. The van der Waals surface area contributed by atoms with E-state index in [-0.39, 0.29) is 36.0 Å². The number of para-hydroxylation sites is 1. The van der Waals surface area contributed by atoms with Crippen molar-refractivity contribution in [3.63, 3.8) is 0 Å². The molecule has 0 saturated carbocycles. The molecule has 1 unspecified atom stereocenters. The minimum atomic E-state index is -4.58. The third kappa shape index (κ3) is 8.74. The van der Waals surface area contributed by atoms with E-state index in [1.807, 2.05) is 18.2 Å². The van der Waals surface area contributed by atoms with Gasteiger partial charge in [-0.2, -0.15) is 0 Å². The minimum absolute atomic E-state index is 0. The summed E-state index contributed by atoms with van der Waals surface area (Å²) >= 11 is 0. The van der Waals surface area contributed by atoms with Gasteiger partial charge in [0.15, 0.2) is 4.93 Å². The van der Waals surface area contributed by atoms with Crippen molar-refractivity contribution < 1.29 is 47.3 Å². The van der Waals surface area contributed by atoms with Gasteiger partial charge in [-0.25, -0.2) is 8.42 Å². The molecule has 0 amide bonds. The zero-order valence-electron chi connectivity index (χ0n) is 18.6. The first kappa shape index (κ1) is 27.9. The molecule has 0 N–H and O–H groups in total. The Morgan fingerprint density at radius 2 is 1.36 bits per heavy atom. The Morgan fingerprint density at radius 3 is 1.71 bits per heavy atom. The van der Waals surface area contributed by atoms with E-state index in [4.69, 9.17) is 4.74 Å². The molecule has 1 atom stereocenters. The van der Waals surface area contributed by atoms with E-state index < -0.39 is 15.1 Å². The standard InChI is InChI=1S/C22H38O4S.Na/c1-5-8-10-12-15-19-17-14-18-20(16-13-11-9-6-2)21(19)26-22(4,7-3)27(23,24)25;/h14,17-18H,5-13,15-16H2,1-4H3,(H,23,24,25);/q;+1/p-1. The second kappa shape index (κ2) is 14.0. The second-order valence-electron chi connectivity index (χ2n) is 7.57. The fraction of sp³-hybridized carbons (Fsp3) is 0.727. The topological polar surface area (TPSA) is 66.4 Å². The number of ether oxygens (including phenoxy) is 1. The summed E-state index contributed by atoms with van der Waals surface area (Å²) in [6.07, 6.45) is 10.9. The van der Waals surface area contributed by atoms with Gasteiger partial charge in [0.05, 0.1) is 0 Å². The monoisotopic (exact) mass is 420 g/mol. The van der Waals surface area contributed by atoms with Crippen LogP contribution in [0.2, 0.25) is 0 Å². The van der Waals surface area contributed by atoms with Crippen LogP contribution in [0.5, 0.6) is 5.75 Å². The molecule has 1 aromatic rings. The van der Waals surface area contributed by atoms with Crippen LogP contribution in [0.1, 0.15) is 96.6 Å². The van der Waals surface area contributed by atoms with Crippen molar-refractivity contribution in [2.45, 2.75) is 103 Å². The first-order chi connectivity index (χ1) is 12.8. The molecule has 0 heterocycles. The minimum Gasteiger partial charge on any atom is -0.745 e. The van der Waals surface area contributed by atoms with Gasteiger partial charge in [-0.3, -0.25) is 0 Å². The third-order valence-electron chi connectivity index (χ3n) is 5.27. The van der Waals surface area contributed by atoms with Crippen molar-refractivity contribution in [3.05, 3.63) is 29.3 Å². The Kier molecular flexibility index (Phi) is 14.0. The summed E-state index contributed by atoms with van der Waals surface area (Å²) < 4.78 is 41.5. The predicted molar refractivity (Wildman–Crippen MR) is 111 cm³/mol. The van der Waals surface area contributed by atoms with Crippen molar-refractivity contribution >= 4 is 10.1 Å². The van der Waals surface area contributed by atoms with E-state index >= 15 is 0 Å². The van der Waals surface area contributed by atoms with Crippen molar-refractivity contribution in [1.82, 2.24) is 0 Å². The van der Waals surface area contributed by atoms with Gasteiger partial charge in [-0.1, -0.05) is 77.5 Å². The molecule has 0 aromatic heterocycles. The fourth-order valence-electron chi connectivity index (χ4n) is 3.16. The number of benzene rings is 1. The molecular weight excluding hydrogens is 383 g/mol. The predicted octanol–water partition coefficient (Wildman–Crippen LogP) is 2.99. The van der Waals surface area contributed by atoms with Crippen LogP contribution in [0.3, 0.4) is 0 Å². The molecule has 0 bridgehead atoms. The molecule has 1 aromatic carbocycles. The van der Waals surface area contributed by atoms with Crippen LogP contribution < -0.4 is 34.3 Å². The van der Waals surface area contributed by atoms with E-state index in [1.165, 1.54) is 32.6 Å². The smallest absolute Gasteiger partial charge is 0.745 e. The molecule has 28 heavy (non-hydrogen) atoms. The summed E-state index contributed by atoms with van der Waals surface area (Å²) in [7, 11) is -4.58. The second-order valence-corrected chi connectivity index (χ2v) is 9.34. The van der Waals surface area contributed by atoms with Gasteiger partial charge in [0.25, 0.3) is 0 Å². The third-order valence-corrected chi connectivity index (χ3v) is 6.70. The molecule has 6 heteroatoms. The average Bonchev–Trinajstić information content (AvgIpc) is 2.63. The molecule has 4 nitrogen and oxygen atoms in total. The van der Waals surface area contributed by atoms with E-state index in [1.54, 1.807) is 6.92 Å². The summed E-state index contributed by atoms with van der Waals surface area (Å²) in [5.41, 5.74) is 2.03. The van der Waals surface area contributed by atoms with E-state index in [2.05, 4.69) is 13.8 Å². The van der Waals surface area contributed by atoms with E-state index in [9.17, 15) is 13.0 Å². The maximum Gasteiger partial charge on any atom is 1.00 e. The zero-order chi connectivity index (χ0) is 20.3. The Balaban J connectivity index is 0.00000729. The number of hydrogen-bond acceptors (Lipinski definition) is 4. The molecule has 0 saturated heterocycles. The average molecular weight is 421 g/mol. The number of rotatable bonds is 14. The molecule has 0 aliphatic carbocycles. The van der Waals surface area contributed by atoms with Gasteiger partial charge >= 0.3 is 29.6 Å². The molecule has 0 radical (unpaired) electrons. The van der Waals surface area contributed by atoms with Gasteiger partial charge in [-0.15, -0.1) is 0 Å². The van der Waals surface area contributed by atoms with Crippen molar-refractivity contribution in [2.24, 2.45) is 0 Å². The summed E-state index contributed by atoms with van der Waals surface area (Å²) in [6.45, 7) is 7.43. The molecule has 0 fully saturated rings. The Bertz CT molecular complexity index is 630. The zero-order valence-corrected chi connectivity index (χ0v) is 21.4. The quantitative estimate of drug-likeness (QED) is 0.264. The van der Waals surface area contributed by atoms with Crippen LogP contribution in [0.25, 0.3) is 0 Å². The maximum absolute atomic E-state index is 11.8. The maximum atomic E-state index is 11.8. The van der Waals surface area contributed by atoms with Crippen LogP contribution in [-0.2, 0) is 23.0 Å². The summed E-state index contributed by atoms with van der Waals surface area (Å²) in [5.74, 6) is 0.620. The van der Waals surface area contributed by atoms with Gasteiger partial charge in [0.2, 0.25) is 0 Å². The van der Waals surface area contributed by atoms with Crippen LogP contribution in [-0.4, -0.2) is 17.9 Å². The van der Waals surface area contributed by atoms with E-state index in [0.717, 1.165) is 49.7 Å². The first-order valence-electron chi connectivity index (χ1n) is 10.5. The first-order valence-corrected chi connectivity index (χ1v) is 11.9. The van der Waals surface area contributed by atoms with Crippen LogP contribution >= 0.6 is 0 Å². The molecule has 0 aliphatic heterocycles. The molecule has 156 valence electrons. The molecule has 1 rings (SSSR count). The SMILES string of the molecule is CCCCCCc1cccc(CCCCCC)c1OC(C)(CC)S(=O)(=O)[O-].[Na+]. The van der Waals surface area contributed by atoms with Gasteiger partial charge in [0.1, 0.15) is 15.9 Å². The normalized spacial score (nSPS) is 13.6. The van der Waals surface area contributed by atoms with Gasteiger partial charge < -0.3 is 9.29 Å². The summed E-state index contributed by atoms with van der Waals surface area (Å²) in [5, 5.41) is 0. The number of unbranched alkanes of at least 4 members (excludes halogenated alkanes) is 6. The van der Waals surface area contributed by atoms with E-state index in [0.29, 0.717) is 5.75 Å². The molecular formula is C22H37NaO4S. The summed E-state index contributed by atoms with van der Waals surface area (Å²) in [4.78, 5) is -1.73.